The molecule has 2 aromatic rings. The number of rotatable bonds is 3. The van der Waals surface area contributed by atoms with E-state index in [2.05, 4.69) is 0 Å². The number of benzene rings is 2. The summed E-state index contributed by atoms with van der Waals surface area (Å²) < 4.78 is 0. The van der Waals surface area contributed by atoms with E-state index >= 15 is 0 Å². The van der Waals surface area contributed by atoms with Gasteiger partial charge in [0.05, 0.1) is 11.6 Å². The van der Waals surface area contributed by atoms with Crippen molar-refractivity contribution in [2.45, 2.75) is 19.8 Å². The third-order valence-corrected chi connectivity index (χ3v) is 3.86. The van der Waals surface area contributed by atoms with Gasteiger partial charge in [-0.15, -0.1) is 0 Å². The molecular weight excluding hydrogens is 262 g/mol. The van der Waals surface area contributed by atoms with Crippen molar-refractivity contribution < 1.29 is 9.59 Å². The van der Waals surface area contributed by atoms with Gasteiger partial charge < -0.3 is 0 Å². The quantitative estimate of drug-likeness (QED) is 0.810. The summed E-state index contributed by atoms with van der Waals surface area (Å²) in [5, 5.41) is 0. The molecule has 0 radical (unpaired) electrons. The first kappa shape index (κ1) is 13.6. The number of aryl methyl sites for hydroxylation is 1. The maximum Gasteiger partial charge on any atom is 0.237 e. The van der Waals surface area contributed by atoms with Crippen LogP contribution in [0.25, 0.3) is 0 Å². The minimum atomic E-state index is -0.249. The first-order valence-corrected chi connectivity index (χ1v) is 7.12. The average Bonchev–Trinajstić information content (AvgIpc) is 2.76. The third-order valence-electron chi connectivity index (χ3n) is 3.86. The van der Waals surface area contributed by atoms with Crippen LogP contribution >= 0.6 is 0 Å². The van der Waals surface area contributed by atoms with Gasteiger partial charge in [0.15, 0.2) is 0 Å². The molecule has 0 spiro atoms. The van der Waals surface area contributed by atoms with E-state index < -0.39 is 0 Å². The first-order valence-electron chi connectivity index (χ1n) is 7.12. The van der Waals surface area contributed by atoms with Crippen molar-refractivity contribution in [3.63, 3.8) is 0 Å². The molecule has 1 aliphatic heterocycles. The van der Waals surface area contributed by atoms with E-state index in [9.17, 15) is 9.59 Å². The fourth-order valence-electron chi connectivity index (χ4n) is 2.72. The Bertz CT molecular complexity index is 661. The molecule has 1 aliphatic rings. The highest BCUT2D eigenvalue weighted by Crippen LogP contribution is 2.28. The number of hydrogen-bond acceptors (Lipinski definition) is 2. The minimum Gasteiger partial charge on any atom is -0.274 e. The molecule has 1 heterocycles. The first-order chi connectivity index (χ1) is 10.1. The normalized spacial score (nSPS) is 18.3. The fourth-order valence-corrected chi connectivity index (χ4v) is 2.72. The largest absolute Gasteiger partial charge is 0.274 e. The summed E-state index contributed by atoms with van der Waals surface area (Å²) in [5.74, 6) is -0.446. The Balaban J connectivity index is 1.80. The summed E-state index contributed by atoms with van der Waals surface area (Å²) >= 11 is 0. The zero-order valence-electron chi connectivity index (χ0n) is 12.0. The molecule has 0 saturated carbocycles. The Morgan fingerprint density at radius 1 is 1.00 bits per heavy atom. The van der Waals surface area contributed by atoms with Crippen molar-refractivity contribution in [1.82, 2.24) is 0 Å². The number of amides is 2. The van der Waals surface area contributed by atoms with Crippen molar-refractivity contribution in [2.24, 2.45) is 5.92 Å². The van der Waals surface area contributed by atoms with E-state index in [0.29, 0.717) is 18.5 Å². The van der Waals surface area contributed by atoms with Gasteiger partial charge in [0.2, 0.25) is 11.8 Å². The summed E-state index contributed by atoms with van der Waals surface area (Å²) in [6.07, 6.45) is 0.912. The lowest BCUT2D eigenvalue weighted by Gasteiger charge is -2.15. The van der Waals surface area contributed by atoms with Gasteiger partial charge in [-0.3, -0.25) is 14.5 Å². The summed E-state index contributed by atoms with van der Waals surface area (Å²) in [6, 6.07) is 17.3. The standard InChI is InChI=1S/C18H17NO2/c1-13-7-9-16(10-8-13)19-17(20)12-15(18(19)21)11-14-5-3-2-4-6-14/h2-10,15H,11-12H2,1H3/t15-/m1/s1. The summed E-state index contributed by atoms with van der Waals surface area (Å²) in [6.45, 7) is 1.98. The van der Waals surface area contributed by atoms with Crippen LogP contribution in [0, 0.1) is 12.8 Å². The topological polar surface area (TPSA) is 37.4 Å². The summed E-state index contributed by atoms with van der Waals surface area (Å²) in [5.41, 5.74) is 2.87. The van der Waals surface area contributed by atoms with Crippen LogP contribution < -0.4 is 4.90 Å². The third kappa shape index (κ3) is 2.72. The molecule has 106 valence electrons. The minimum absolute atomic E-state index is 0.0901. The average molecular weight is 279 g/mol. The van der Waals surface area contributed by atoms with Gasteiger partial charge in [-0.2, -0.15) is 0 Å². The van der Waals surface area contributed by atoms with Crippen LogP contribution in [-0.2, 0) is 16.0 Å². The van der Waals surface area contributed by atoms with E-state index in [1.54, 1.807) is 0 Å². The number of nitrogens with zero attached hydrogens (tertiary/aromatic N) is 1. The van der Waals surface area contributed by atoms with E-state index in [-0.39, 0.29) is 17.7 Å². The van der Waals surface area contributed by atoms with Gasteiger partial charge in [-0.1, -0.05) is 48.0 Å². The molecule has 3 heteroatoms. The van der Waals surface area contributed by atoms with Gasteiger partial charge >= 0.3 is 0 Å². The number of carbonyl (C=O) groups is 2. The van der Waals surface area contributed by atoms with E-state index in [1.807, 2.05) is 61.5 Å². The number of hydrogen-bond donors (Lipinski definition) is 0. The van der Waals surface area contributed by atoms with E-state index in [4.69, 9.17) is 0 Å². The van der Waals surface area contributed by atoms with Gasteiger partial charge in [-0.25, -0.2) is 0 Å². The zero-order chi connectivity index (χ0) is 14.8. The second-order valence-electron chi connectivity index (χ2n) is 5.49. The highest BCUT2D eigenvalue weighted by Gasteiger charge is 2.39. The van der Waals surface area contributed by atoms with Crippen molar-refractivity contribution >= 4 is 17.5 Å². The van der Waals surface area contributed by atoms with Gasteiger partial charge in [0, 0.05) is 6.42 Å². The monoisotopic (exact) mass is 279 g/mol. The highest BCUT2D eigenvalue weighted by molar-refractivity contribution is 6.20. The molecular formula is C18H17NO2. The Morgan fingerprint density at radius 3 is 2.33 bits per heavy atom. The number of anilines is 1. The van der Waals surface area contributed by atoms with Crippen LogP contribution in [0.3, 0.4) is 0 Å². The Labute approximate surface area is 124 Å². The maximum atomic E-state index is 12.5. The van der Waals surface area contributed by atoms with Crippen molar-refractivity contribution in [2.75, 3.05) is 4.90 Å². The van der Waals surface area contributed by atoms with Gasteiger partial charge in [0.1, 0.15) is 0 Å². The SMILES string of the molecule is Cc1ccc(N2C(=O)C[C@@H](Cc3ccccc3)C2=O)cc1. The predicted octanol–water partition coefficient (Wildman–Crippen LogP) is 3.12. The molecule has 0 N–H and O–H groups in total. The molecule has 0 unspecified atom stereocenters. The van der Waals surface area contributed by atoms with Crippen LogP contribution in [0.15, 0.2) is 54.6 Å². The van der Waals surface area contributed by atoms with Crippen LogP contribution in [0.1, 0.15) is 17.5 Å². The fraction of sp³-hybridized carbons (Fsp3) is 0.222. The van der Waals surface area contributed by atoms with Crippen molar-refractivity contribution in [1.29, 1.82) is 0 Å². The molecule has 0 bridgehead atoms. The zero-order valence-corrected chi connectivity index (χ0v) is 12.0. The molecule has 1 saturated heterocycles. The van der Waals surface area contributed by atoms with Gasteiger partial charge in [-0.05, 0) is 31.0 Å². The lowest BCUT2D eigenvalue weighted by atomic mass is 9.98. The van der Waals surface area contributed by atoms with Crippen LogP contribution in [-0.4, -0.2) is 11.8 Å². The summed E-state index contributed by atoms with van der Waals surface area (Å²) in [7, 11) is 0. The number of carbonyl (C=O) groups excluding carboxylic acids is 2. The van der Waals surface area contributed by atoms with E-state index in [0.717, 1.165) is 11.1 Å². The van der Waals surface area contributed by atoms with Crippen LogP contribution in [0.2, 0.25) is 0 Å². The Morgan fingerprint density at radius 2 is 1.67 bits per heavy atom. The highest BCUT2D eigenvalue weighted by atomic mass is 16.2. The lowest BCUT2D eigenvalue weighted by Crippen LogP contribution is -2.30. The lowest BCUT2D eigenvalue weighted by molar-refractivity contribution is -0.122. The van der Waals surface area contributed by atoms with Crippen molar-refractivity contribution in [3.8, 4) is 0 Å². The molecule has 21 heavy (non-hydrogen) atoms. The molecule has 3 rings (SSSR count). The molecule has 3 nitrogen and oxygen atoms in total. The van der Waals surface area contributed by atoms with Crippen LogP contribution in [0.4, 0.5) is 5.69 Å². The molecule has 2 amide bonds. The Kier molecular flexibility index (Phi) is 3.57. The smallest absolute Gasteiger partial charge is 0.237 e. The van der Waals surface area contributed by atoms with Gasteiger partial charge in [0.25, 0.3) is 0 Å². The second kappa shape index (κ2) is 5.52. The van der Waals surface area contributed by atoms with Crippen LogP contribution in [0.5, 0.6) is 0 Å². The molecule has 0 aliphatic carbocycles. The molecule has 2 aromatic carbocycles. The second-order valence-corrected chi connectivity index (χ2v) is 5.49. The Hall–Kier alpha value is -2.42. The molecule has 0 aromatic heterocycles. The maximum absolute atomic E-state index is 12.5. The molecule has 1 fully saturated rings. The number of imide groups is 1. The summed E-state index contributed by atoms with van der Waals surface area (Å²) in [4.78, 5) is 26.0. The molecule has 1 atom stereocenters. The van der Waals surface area contributed by atoms with E-state index in [1.165, 1.54) is 4.90 Å². The predicted molar refractivity (Wildman–Crippen MR) is 81.9 cm³/mol. The van der Waals surface area contributed by atoms with Crippen molar-refractivity contribution in [3.05, 3.63) is 65.7 Å².